The minimum absolute atomic E-state index is 0.0153. The number of fused-ring (bicyclic) bond motifs is 1. The van der Waals surface area contributed by atoms with Gasteiger partial charge in [0.25, 0.3) is 5.91 Å². The van der Waals surface area contributed by atoms with Crippen LogP contribution in [0.25, 0.3) is 21.1 Å². The van der Waals surface area contributed by atoms with Gasteiger partial charge in [0.1, 0.15) is 27.5 Å². The highest BCUT2D eigenvalue weighted by atomic mass is 32.1. The minimum Gasteiger partial charge on any atom is -0.490 e. The number of carbonyl (C=O) groups excluding carboxylic acids is 1. The van der Waals surface area contributed by atoms with Crippen LogP contribution in [0.2, 0.25) is 0 Å². The number of carbonyl (C=O) groups is 1. The number of imidazole rings is 1. The fourth-order valence-electron chi connectivity index (χ4n) is 4.37. The molecule has 0 aliphatic heterocycles. The zero-order valence-corrected chi connectivity index (χ0v) is 20.2. The molecule has 1 amide bonds. The third-order valence-electron chi connectivity index (χ3n) is 5.92. The molecule has 0 spiro atoms. The Morgan fingerprint density at radius 1 is 1.26 bits per heavy atom. The van der Waals surface area contributed by atoms with Crippen LogP contribution in [0.15, 0.2) is 48.9 Å². The summed E-state index contributed by atoms with van der Waals surface area (Å²) in [5, 5.41) is 23.2. The van der Waals surface area contributed by atoms with Gasteiger partial charge >= 0.3 is 0 Å². The van der Waals surface area contributed by atoms with Gasteiger partial charge in [-0.2, -0.15) is 5.26 Å². The van der Waals surface area contributed by atoms with Crippen molar-refractivity contribution in [2.24, 2.45) is 0 Å². The number of benzene rings is 2. The molecule has 1 aliphatic carbocycles. The Balaban J connectivity index is 1.43. The number of nitrogens with zero attached hydrogens (tertiary/aromatic N) is 4. The zero-order chi connectivity index (χ0) is 24.4. The van der Waals surface area contributed by atoms with Crippen LogP contribution in [0.1, 0.15) is 59.9 Å². The zero-order valence-electron chi connectivity index (χ0n) is 19.4. The van der Waals surface area contributed by atoms with Crippen LogP contribution in [0.5, 0.6) is 5.75 Å². The number of nitrogens with one attached hydrogen (secondary N) is 2. The Labute approximate surface area is 207 Å². The topological polar surface area (TPSA) is 117 Å². The van der Waals surface area contributed by atoms with Gasteiger partial charge in [0.05, 0.1) is 30.2 Å². The van der Waals surface area contributed by atoms with Gasteiger partial charge < -0.3 is 15.0 Å². The summed E-state index contributed by atoms with van der Waals surface area (Å²) in [7, 11) is 0. The lowest BCUT2D eigenvalue weighted by molar-refractivity contribution is 0.0928. The van der Waals surface area contributed by atoms with Crippen LogP contribution in [0.4, 0.5) is 0 Å². The molecular formula is C26H24N6O2S. The molecule has 8 nitrogen and oxygen atoms in total. The molecule has 0 unspecified atom stereocenters. The van der Waals surface area contributed by atoms with Gasteiger partial charge in [-0.25, -0.2) is 4.98 Å². The number of ether oxygens (including phenoxy) is 1. The summed E-state index contributed by atoms with van der Waals surface area (Å²) in [6, 6.07) is 13.8. The molecule has 4 aromatic rings. The maximum atomic E-state index is 12.6. The van der Waals surface area contributed by atoms with Crippen molar-refractivity contribution in [3.8, 4) is 33.0 Å². The normalized spacial score (nSPS) is 14.9. The fraction of sp³-hybridized carbons (Fsp3) is 0.269. The summed E-state index contributed by atoms with van der Waals surface area (Å²) < 4.78 is 5.73. The Morgan fingerprint density at radius 2 is 2.11 bits per heavy atom. The maximum Gasteiger partial charge on any atom is 0.269 e. The lowest BCUT2D eigenvalue weighted by Gasteiger charge is -2.27. The quantitative estimate of drug-likeness (QED) is 0.395. The van der Waals surface area contributed by atoms with Gasteiger partial charge in [-0.1, -0.05) is 29.5 Å². The van der Waals surface area contributed by atoms with Crippen LogP contribution >= 0.6 is 11.3 Å². The third kappa shape index (κ3) is 4.66. The summed E-state index contributed by atoms with van der Waals surface area (Å²) >= 11 is 1.49. The van der Waals surface area contributed by atoms with Crippen LogP contribution in [-0.4, -0.2) is 32.2 Å². The highest BCUT2D eigenvalue weighted by molar-refractivity contribution is 7.17. The number of H-pyrrole nitrogens is 1. The van der Waals surface area contributed by atoms with E-state index in [-0.39, 0.29) is 18.1 Å². The highest BCUT2D eigenvalue weighted by Gasteiger charge is 2.26. The molecule has 9 heteroatoms. The summed E-state index contributed by atoms with van der Waals surface area (Å²) in [4.78, 5) is 19.4. The number of hydrogen-bond donors (Lipinski definition) is 2. The number of hydrogen-bond acceptors (Lipinski definition) is 7. The van der Waals surface area contributed by atoms with Gasteiger partial charge in [0.2, 0.25) is 0 Å². The first-order chi connectivity index (χ1) is 17.0. The summed E-state index contributed by atoms with van der Waals surface area (Å²) in [5.41, 5.74) is 5.09. The van der Waals surface area contributed by atoms with Crippen molar-refractivity contribution in [1.82, 2.24) is 25.5 Å². The van der Waals surface area contributed by atoms with Gasteiger partial charge in [-0.15, -0.1) is 10.2 Å². The van der Waals surface area contributed by atoms with Crippen LogP contribution in [0, 0.1) is 11.3 Å². The van der Waals surface area contributed by atoms with Crippen molar-refractivity contribution in [2.45, 2.75) is 45.3 Å². The van der Waals surface area contributed by atoms with E-state index in [1.807, 2.05) is 32.0 Å². The van der Waals surface area contributed by atoms with Crippen LogP contribution in [0.3, 0.4) is 0 Å². The summed E-state index contributed by atoms with van der Waals surface area (Å²) in [6.07, 6.45) is 5.76. The number of aromatic nitrogens is 4. The molecule has 2 heterocycles. The molecule has 1 aliphatic rings. The smallest absolute Gasteiger partial charge is 0.269 e. The third-order valence-corrected chi connectivity index (χ3v) is 6.93. The molecule has 0 bridgehead atoms. The van der Waals surface area contributed by atoms with E-state index in [1.165, 1.54) is 29.4 Å². The molecule has 0 saturated carbocycles. The SMILES string of the molecule is CC(C)Oc1ccc(-c2nnc(-c3cccc4c3CCC[C@H]4NC(=O)c3cnc[nH]3)s2)cc1C#N. The predicted molar refractivity (Wildman–Crippen MR) is 133 cm³/mol. The lowest BCUT2D eigenvalue weighted by atomic mass is 9.85. The van der Waals surface area contributed by atoms with Crippen LogP contribution in [-0.2, 0) is 6.42 Å². The molecule has 1 atom stereocenters. The van der Waals surface area contributed by atoms with Crippen molar-refractivity contribution in [3.05, 3.63) is 71.3 Å². The van der Waals surface area contributed by atoms with E-state index < -0.39 is 0 Å². The second-order valence-electron chi connectivity index (χ2n) is 8.66. The van der Waals surface area contributed by atoms with E-state index in [1.54, 1.807) is 6.07 Å². The van der Waals surface area contributed by atoms with Crippen molar-refractivity contribution in [2.75, 3.05) is 0 Å². The van der Waals surface area contributed by atoms with Gasteiger partial charge in [0.15, 0.2) is 0 Å². The van der Waals surface area contributed by atoms with E-state index in [0.717, 1.165) is 46.0 Å². The second-order valence-corrected chi connectivity index (χ2v) is 9.64. The maximum absolute atomic E-state index is 12.6. The molecule has 0 fully saturated rings. The van der Waals surface area contributed by atoms with E-state index in [2.05, 4.69) is 43.7 Å². The van der Waals surface area contributed by atoms with Crippen molar-refractivity contribution in [3.63, 3.8) is 0 Å². The Hall–Kier alpha value is -4.03. The predicted octanol–water partition coefficient (Wildman–Crippen LogP) is 5.06. The molecule has 35 heavy (non-hydrogen) atoms. The Kier molecular flexibility index (Phi) is 6.29. The van der Waals surface area contributed by atoms with Gasteiger partial charge in [-0.05, 0) is 62.4 Å². The highest BCUT2D eigenvalue weighted by Crippen LogP contribution is 2.39. The molecule has 2 aromatic heterocycles. The first-order valence-electron chi connectivity index (χ1n) is 11.5. The lowest BCUT2D eigenvalue weighted by Crippen LogP contribution is -2.31. The van der Waals surface area contributed by atoms with E-state index in [0.29, 0.717) is 17.0 Å². The van der Waals surface area contributed by atoms with Gasteiger partial charge in [-0.3, -0.25) is 4.79 Å². The Morgan fingerprint density at radius 3 is 2.89 bits per heavy atom. The minimum atomic E-state index is -0.165. The van der Waals surface area contributed by atoms with Crippen molar-refractivity contribution >= 4 is 17.2 Å². The average molecular weight is 485 g/mol. The van der Waals surface area contributed by atoms with E-state index in [4.69, 9.17) is 4.74 Å². The van der Waals surface area contributed by atoms with Crippen molar-refractivity contribution < 1.29 is 9.53 Å². The monoisotopic (exact) mass is 484 g/mol. The largest absolute Gasteiger partial charge is 0.490 e. The molecule has 176 valence electrons. The molecule has 0 radical (unpaired) electrons. The van der Waals surface area contributed by atoms with Crippen molar-refractivity contribution in [1.29, 1.82) is 5.26 Å². The fourth-order valence-corrected chi connectivity index (χ4v) is 5.26. The number of aromatic amines is 1. The first kappa shape index (κ1) is 22.7. The standard InChI is InChI=1S/C26H24N6O2S/c1-15(2)34-23-10-9-16(11-17(23)12-27)25-31-32-26(35-25)20-7-3-6-19-18(20)5-4-8-21(19)30-24(33)22-13-28-14-29-22/h3,6-7,9-11,13-15,21H,4-5,8H2,1-2H3,(H,28,29)(H,30,33)/t21-/m1/s1. The summed E-state index contributed by atoms with van der Waals surface area (Å²) in [5.74, 6) is 0.401. The van der Waals surface area contributed by atoms with E-state index >= 15 is 0 Å². The average Bonchev–Trinajstić information content (AvgIpc) is 3.57. The molecule has 2 N–H and O–H groups in total. The molecule has 2 aromatic carbocycles. The number of amides is 1. The van der Waals surface area contributed by atoms with Crippen LogP contribution < -0.4 is 10.1 Å². The number of nitriles is 1. The second kappa shape index (κ2) is 9.68. The Bertz CT molecular complexity index is 1400. The van der Waals surface area contributed by atoms with Gasteiger partial charge in [0, 0.05) is 11.1 Å². The molecular weight excluding hydrogens is 460 g/mol. The first-order valence-corrected chi connectivity index (χ1v) is 12.3. The molecule has 0 saturated heterocycles. The number of rotatable bonds is 6. The summed E-state index contributed by atoms with van der Waals surface area (Å²) in [6.45, 7) is 3.86. The van der Waals surface area contributed by atoms with E-state index in [9.17, 15) is 10.1 Å². The molecule has 5 rings (SSSR count).